The van der Waals surface area contributed by atoms with E-state index in [0.29, 0.717) is 5.89 Å². The summed E-state index contributed by atoms with van der Waals surface area (Å²) in [4.78, 5) is 7.23. The minimum atomic E-state index is 0.624. The maximum absolute atomic E-state index is 6.50. The molecule has 10 aromatic rings. The zero-order valence-electron chi connectivity index (χ0n) is 28.3. The Labute approximate surface area is 301 Å². The van der Waals surface area contributed by atoms with Crippen LogP contribution in [-0.4, -0.2) is 4.98 Å². The first-order valence-electron chi connectivity index (χ1n) is 17.6. The highest BCUT2D eigenvalue weighted by atomic mass is 16.3. The molecule has 9 aromatic carbocycles. The van der Waals surface area contributed by atoms with Crippen molar-refractivity contribution in [3.05, 3.63) is 194 Å². The van der Waals surface area contributed by atoms with Gasteiger partial charge in [-0.3, -0.25) is 0 Å². The zero-order valence-corrected chi connectivity index (χ0v) is 28.3. The van der Waals surface area contributed by atoms with Crippen LogP contribution >= 0.6 is 0 Å². The molecule has 3 heteroatoms. The second kappa shape index (κ2) is 12.4. The number of fused-ring (bicyclic) bond motifs is 4. The molecule has 0 unspecified atom stereocenters. The fourth-order valence-electron chi connectivity index (χ4n) is 7.44. The van der Waals surface area contributed by atoms with Crippen molar-refractivity contribution < 1.29 is 4.42 Å². The summed E-state index contributed by atoms with van der Waals surface area (Å²) in [6, 6.07) is 68.8. The lowest BCUT2D eigenvalue weighted by atomic mass is 9.98. The van der Waals surface area contributed by atoms with E-state index < -0.39 is 0 Å². The van der Waals surface area contributed by atoms with Crippen molar-refractivity contribution in [1.29, 1.82) is 0 Å². The van der Waals surface area contributed by atoms with Gasteiger partial charge in [0.05, 0.1) is 0 Å². The lowest BCUT2D eigenvalue weighted by Crippen LogP contribution is -2.09. The number of hydrogen-bond acceptors (Lipinski definition) is 3. The molecule has 0 aliphatic rings. The molecule has 52 heavy (non-hydrogen) atoms. The SMILES string of the molecule is c1ccc2cc(-c3nc4cccc(-c5ccc(N(c6ccc(-c7cccc8ccccc78)cc6)c6ccc7ccccc7c6)cc5)c4o3)ccc2c1. The van der Waals surface area contributed by atoms with Crippen LogP contribution in [-0.2, 0) is 0 Å². The lowest BCUT2D eigenvalue weighted by Gasteiger charge is -2.26. The Hall–Kier alpha value is -6.97. The third-order valence-electron chi connectivity index (χ3n) is 10.1. The predicted molar refractivity (Wildman–Crippen MR) is 218 cm³/mol. The molecular weight excluding hydrogens is 633 g/mol. The van der Waals surface area contributed by atoms with Crippen molar-refractivity contribution in [2.75, 3.05) is 4.90 Å². The van der Waals surface area contributed by atoms with Crippen LogP contribution in [0.5, 0.6) is 0 Å². The van der Waals surface area contributed by atoms with Gasteiger partial charge in [-0.25, -0.2) is 4.98 Å². The zero-order chi connectivity index (χ0) is 34.4. The summed E-state index contributed by atoms with van der Waals surface area (Å²) in [6.07, 6.45) is 0. The van der Waals surface area contributed by atoms with Crippen LogP contribution in [0.4, 0.5) is 17.1 Å². The largest absolute Gasteiger partial charge is 0.435 e. The normalized spacial score (nSPS) is 11.5. The second-order valence-electron chi connectivity index (χ2n) is 13.2. The number of oxazole rings is 1. The monoisotopic (exact) mass is 664 g/mol. The summed E-state index contributed by atoms with van der Waals surface area (Å²) in [5.74, 6) is 0.624. The summed E-state index contributed by atoms with van der Waals surface area (Å²) < 4.78 is 6.50. The third-order valence-corrected chi connectivity index (χ3v) is 10.1. The summed E-state index contributed by atoms with van der Waals surface area (Å²) in [6.45, 7) is 0. The van der Waals surface area contributed by atoms with Crippen LogP contribution in [0.2, 0.25) is 0 Å². The van der Waals surface area contributed by atoms with Crippen molar-refractivity contribution in [1.82, 2.24) is 4.98 Å². The topological polar surface area (TPSA) is 29.3 Å². The van der Waals surface area contributed by atoms with Crippen LogP contribution < -0.4 is 4.90 Å². The van der Waals surface area contributed by atoms with Crippen LogP contribution in [0.1, 0.15) is 0 Å². The van der Waals surface area contributed by atoms with Crippen molar-refractivity contribution in [2.45, 2.75) is 0 Å². The van der Waals surface area contributed by atoms with Gasteiger partial charge >= 0.3 is 0 Å². The highest BCUT2D eigenvalue weighted by Crippen LogP contribution is 2.40. The van der Waals surface area contributed by atoms with Crippen molar-refractivity contribution >= 4 is 60.5 Å². The Morgan fingerprint density at radius 1 is 0.365 bits per heavy atom. The molecule has 0 atom stereocenters. The van der Waals surface area contributed by atoms with E-state index in [-0.39, 0.29) is 0 Å². The number of hydrogen-bond donors (Lipinski definition) is 0. The Bertz CT molecular complexity index is 2900. The van der Waals surface area contributed by atoms with E-state index in [2.05, 4.69) is 193 Å². The first kappa shape index (κ1) is 29.9. The average Bonchev–Trinajstić information content (AvgIpc) is 3.66. The number of benzene rings is 9. The summed E-state index contributed by atoms with van der Waals surface area (Å²) >= 11 is 0. The van der Waals surface area contributed by atoms with Crippen LogP contribution in [0.3, 0.4) is 0 Å². The molecule has 3 nitrogen and oxygen atoms in total. The molecule has 1 aromatic heterocycles. The molecule has 0 amide bonds. The maximum atomic E-state index is 6.50. The van der Waals surface area contributed by atoms with E-state index in [1.807, 2.05) is 6.07 Å². The van der Waals surface area contributed by atoms with Gasteiger partial charge in [-0.2, -0.15) is 0 Å². The molecular formula is C49H32N2O. The molecule has 0 radical (unpaired) electrons. The van der Waals surface area contributed by atoms with Crippen molar-refractivity contribution in [2.24, 2.45) is 0 Å². The molecule has 1 heterocycles. The minimum absolute atomic E-state index is 0.624. The first-order chi connectivity index (χ1) is 25.7. The molecule has 0 fully saturated rings. The fourth-order valence-corrected chi connectivity index (χ4v) is 7.44. The van der Waals surface area contributed by atoms with Crippen molar-refractivity contribution in [3.8, 4) is 33.7 Å². The van der Waals surface area contributed by atoms with Crippen LogP contribution in [0.25, 0.3) is 77.1 Å². The molecule has 10 rings (SSSR count). The molecule has 0 saturated carbocycles. The van der Waals surface area contributed by atoms with Crippen LogP contribution in [0.15, 0.2) is 199 Å². The first-order valence-corrected chi connectivity index (χ1v) is 17.6. The Morgan fingerprint density at radius 2 is 0.885 bits per heavy atom. The van der Waals surface area contributed by atoms with Gasteiger partial charge in [-0.05, 0) is 104 Å². The van der Waals surface area contributed by atoms with Gasteiger partial charge in [0.1, 0.15) is 5.52 Å². The highest BCUT2D eigenvalue weighted by Gasteiger charge is 2.17. The smallest absolute Gasteiger partial charge is 0.227 e. The van der Waals surface area contributed by atoms with E-state index in [4.69, 9.17) is 9.40 Å². The van der Waals surface area contributed by atoms with Gasteiger partial charge in [0.15, 0.2) is 5.58 Å². The average molecular weight is 665 g/mol. The van der Waals surface area contributed by atoms with Gasteiger partial charge in [-0.15, -0.1) is 0 Å². The Kier molecular flexibility index (Phi) is 7.14. The standard InChI is InChI=1S/C49H32N2O/c1-3-12-38-31-40(20-19-33(38)9-1)49-50-47-18-8-17-46(48(47)52-49)37-24-28-42(29-25-37)51(43-30-21-34-10-2-4-13-39(34)32-43)41-26-22-36(23-27-41)45-16-7-14-35-11-5-6-15-44(35)45/h1-32H. The fraction of sp³-hybridized carbons (Fsp3) is 0. The summed E-state index contributed by atoms with van der Waals surface area (Å²) in [5.41, 5.74) is 10.4. The van der Waals surface area contributed by atoms with Gasteiger partial charge in [-0.1, -0.05) is 140 Å². The van der Waals surface area contributed by atoms with E-state index >= 15 is 0 Å². The predicted octanol–water partition coefficient (Wildman–Crippen LogP) is 13.8. The molecule has 0 spiro atoms. The van der Waals surface area contributed by atoms with Gasteiger partial charge in [0.2, 0.25) is 5.89 Å². The number of aromatic nitrogens is 1. The number of para-hydroxylation sites is 1. The Balaban J connectivity index is 1.04. The van der Waals surface area contributed by atoms with Crippen molar-refractivity contribution in [3.63, 3.8) is 0 Å². The van der Waals surface area contributed by atoms with Gasteiger partial charge in [0.25, 0.3) is 0 Å². The summed E-state index contributed by atoms with van der Waals surface area (Å²) in [7, 11) is 0. The Morgan fingerprint density at radius 3 is 1.62 bits per heavy atom. The third kappa shape index (κ3) is 5.28. The molecule has 0 aliphatic heterocycles. The highest BCUT2D eigenvalue weighted by molar-refractivity contribution is 5.98. The minimum Gasteiger partial charge on any atom is -0.435 e. The number of rotatable bonds is 6. The van der Waals surface area contributed by atoms with E-state index in [1.165, 1.54) is 38.1 Å². The molecule has 0 saturated heterocycles. The van der Waals surface area contributed by atoms with E-state index in [1.54, 1.807) is 0 Å². The number of nitrogens with zero attached hydrogens (tertiary/aromatic N) is 2. The van der Waals surface area contributed by atoms with E-state index in [0.717, 1.165) is 50.2 Å². The number of anilines is 3. The molecule has 244 valence electrons. The summed E-state index contributed by atoms with van der Waals surface area (Å²) in [5, 5.41) is 7.28. The van der Waals surface area contributed by atoms with Gasteiger partial charge < -0.3 is 9.32 Å². The molecule has 0 N–H and O–H groups in total. The van der Waals surface area contributed by atoms with E-state index in [9.17, 15) is 0 Å². The molecule has 0 bridgehead atoms. The second-order valence-corrected chi connectivity index (χ2v) is 13.2. The maximum Gasteiger partial charge on any atom is 0.227 e. The van der Waals surface area contributed by atoms with Gasteiger partial charge in [0, 0.05) is 28.2 Å². The quantitative estimate of drug-likeness (QED) is 0.177. The molecule has 0 aliphatic carbocycles. The van der Waals surface area contributed by atoms with Crippen LogP contribution in [0, 0.1) is 0 Å². The lowest BCUT2D eigenvalue weighted by molar-refractivity contribution is 0.621.